The number of anilines is 1. The first-order valence-corrected chi connectivity index (χ1v) is 7.43. The molecular weight excluding hydrogens is 288 g/mol. The Morgan fingerprint density at radius 1 is 1.48 bits per heavy atom. The molecule has 1 aliphatic rings. The van der Waals surface area contributed by atoms with Gasteiger partial charge in [0.1, 0.15) is 6.61 Å². The molecule has 2 N–H and O–H groups in total. The molecule has 21 heavy (non-hydrogen) atoms. The highest BCUT2D eigenvalue weighted by molar-refractivity contribution is 6.30. The van der Waals surface area contributed by atoms with Crippen molar-refractivity contribution in [3.8, 4) is 11.8 Å². The Morgan fingerprint density at radius 3 is 2.86 bits per heavy atom. The summed E-state index contributed by atoms with van der Waals surface area (Å²) < 4.78 is 0. The van der Waals surface area contributed by atoms with Crippen LogP contribution in [0, 0.1) is 17.8 Å². The lowest BCUT2D eigenvalue weighted by molar-refractivity contribution is 0.186. The van der Waals surface area contributed by atoms with Crippen LogP contribution in [-0.2, 0) is 0 Å². The second kappa shape index (κ2) is 7.35. The van der Waals surface area contributed by atoms with Crippen LogP contribution < -0.4 is 5.32 Å². The minimum atomic E-state index is -0.232. The second-order valence-electron chi connectivity index (χ2n) is 5.25. The summed E-state index contributed by atoms with van der Waals surface area (Å²) in [5.74, 6) is 6.05. The number of halogens is 1. The van der Waals surface area contributed by atoms with Crippen molar-refractivity contribution < 1.29 is 9.90 Å². The Kier molecular flexibility index (Phi) is 5.49. The SMILES string of the molecule is CC1CCN(C(=O)Nc2ccc(Cl)cc2C#CCO)CC1. The molecule has 1 aliphatic heterocycles. The van der Waals surface area contributed by atoms with E-state index in [1.165, 1.54) is 0 Å². The van der Waals surface area contributed by atoms with Gasteiger partial charge in [0.05, 0.1) is 5.69 Å². The number of piperidine rings is 1. The lowest BCUT2D eigenvalue weighted by atomic mass is 10.00. The predicted octanol–water partition coefficient (Wildman–Crippen LogP) is 2.95. The van der Waals surface area contributed by atoms with E-state index in [2.05, 4.69) is 24.1 Å². The highest BCUT2D eigenvalue weighted by Gasteiger charge is 2.20. The minimum Gasteiger partial charge on any atom is -0.384 e. The zero-order valence-electron chi connectivity index (χ0n) is 12.0. The average molecular weight is 307 g/mol. The Hall–Kier alpha value is -1.70. The largest absolute Gasteiger partial charge is 0.384 e. The molecule has 0 saturated carbocycles. The summed E-state index contributed by atoms with van der Waals surface area (Å²) in [5.41, 5.74) is 1.22. The van der Waals surface area contributed by atoms with Gasteiger partial charge in [-0.15, -0.1) is 0 Å². The molecule has 1 fully saturated rings. The van der Waals surface area contributed by atoms with Crippen molar-refractivity contribution >= 4 is 23.3 Å². The van der Waals surface area contributed by atoms with Gasteiger partial charge in [-0.05, 0) is 37.0 Å². The summed E-state index contributed by atoms with van der Waals surface area (Å²) in [5, 5.41) is 12.2. The molecule has 0 spiro atoms. The van der Waals surface area contributed by atoms with E-state index in [1.54, 1.807) is 18.2 Å². The van der Waals surface area contributed by atoms with Crippen molar-refractivity contribution in [1.29, 1.82) is 0 Å². The number of rotatable bonds is 1. The maximum Gasteiger partial charge on any atom is 0.321 e. The fourth-order valence-corrected chi connectivity index (χ4v) is 2.44. The minimum absolute atomic E-state index is 0.115. The molecule has 1 aromatic rings. The molecule has 1 saturated heterocycles. The third-order valence-corrected chi connectivity index (χ3v) is 3.83. The summed E-state index contributed by atoms with van der Waals surface area (Å²) in [6, 6.07) is 5.00. The number of carbonyl (C=O) groups is 1. The number of hydrogen-bond acceptors (Lipinski definition) is 2. The van der Waals surface area contributed by atoms with E-state index >= 15 is 0 Å². The maximum absolute atomic E-state index is 12.3. The smallest absolute Gasteiger partial charge is 0.321 e. The highest BCUT2D eigenvalue weighted by atomic mass is 35.5. The molecule has 4 nitrogen and oxygen atoms in total. The van der Waals surface area contributed by atoms with E-state index in [-0.39, 0.29) is 12.6 Å². The molecule has 0 atom stereocenters. The monoisotopic (exact) mass is 306 g/mol. The van der Waals surface area contributed by atoms with E-state index in [1.807, 2.05) is 4.90 Å². The molecule has 5 heteroatoms. The molecule has 0 aliphatic carbocycles. The van der Waals surface area contributed by atoms with Gasteiger partial charge < -0.3 is 15.3 Å². The van der Waals surface area contributed by atoms with Crippen LogP contribution in [0.5, 0.6) is 0 Å². The maximum atomic E-state index is 12.3. The fraction of sp³-hybridized carbons (Fsp3) is 0.438. The van der Waals surface area contributed by atoms with Gasteiger partial charge in [-0.3, -0.25) is 0 Å². The molecule has 0 unspecified atom stereocenters. The quantitative estimate of drug-likeness (QED) is 0.784. The Labute approximate surface area is 130 Å². The number of aliphatic hydroxyl groups is 1. The third kappa shape index (κ3) is 4.38. The predicted molar refractivity (Wildman–Crippen MR) is 84.4 cm³/mol. The number of nitrogens with zero attached hydrogens (tertiary/aromatic N) is 1. The van der Waals surface area contributed by atoms with Crippen molar-refractivity contribution in [1.82, 2.24) is 4.90 Å². The number of carbonyl (C=O) groups excluding carboxylic acids is 1. The first kappa shape index (κ1) is 15.7. The van der Waals surface area contributed by atoms with Crippen molar-refractivity contribution in [2.75, 3.05) is 25.0 Å². The Balaban J connectivity index is 2.10. The highest BCUT2D eigenvalue weighted by Crippen LogP contribution is 2.22. The van der Waals surface area contributed by atoms with Crippen molar-refractivity contribution in [3.63, 3.8) is 0 Å². The number of nitrogens with one attached hydrogen (secondary N) is 1. The van der Waals surface area contributed by atoms with Gasteiger partial charge in [0.15, 0.2) is 0 Å². The number of hydrogen-bond donors (Lipinski definition) is 2. The van der Waals surface area contributed by atoms with Crippen LogP contribution >= 0.6 is 11.6 Å². The molecule has 0 aromatic heterocycles. The third-order valence-electron chi connectivity index (χ3n) is 3.60. The summed E-state index contributed by atoms with van der Waals surface area (Å²) in [6.45, 7) is 3.53. The van der Waals surface area contributed by atoms with Crippen molar-refractivity contribution in [2.45, 2.75) is 19.8 Å². The van der Waals surface area contributed by atoms with Gasteiger partial charge in [0.25, 0.3) is 0 Å². The van der Waals surface area contributed by atoms with Crippen LogP contribution in [0.2, 0.25) is 5.02 Å². The molecule has 112 valence electrons. The van der Waals surface area contributed by atoms with Gasteiger partial charge in [0.2, 0.25) is 0 Å². The van der Waals surface area contributed by atoms with E-state index in [0.29, 0.717) is 22.2 Å². The van der Waals surface area contributed by atoms with Gasteiger partial charge >= 0.3 is 6.03 Å². The summed E-state index contributed by atoms with van der Waals surface area (Å²) >= 11 is 5.94. The normalized spacial score (nSPS) is 15.3. The van der Waals surface area contributed by atoms with Crippen LogP contribution in [0.1, 0.15) is 25.3 Å². The van der Waals surface area contributed by atoms with E-state index < -0.39 is 0 Å². The van der Waals surface area contributed by atoms with Crippen LogP contribution in [0.4, 0.5) is 10.5 Å². The van der Waals surface area contributed by atoms with Crippen molar-refractivity contribution in [2.24, 2.45) is 5.92 Å². The van der Waals surface area contributed by atoms with Crippen LogP contribution in [0.3, 0.4) is 0 Å². The molecule has 0 radical (unpaired) electrons. The van der Waals surface area contributed by atoms with Crippen LogP contribution in [-0.4, -0.2) is 35.7 Å². The van der Waals surface area contributed by atoms with E-state index in [4.69, 9.17) is 16.7 Å². The van der Waals surface area contributed by atoms with Gasteiger partial charge in [-0.2, -0.15) is 0 Å². The number of likely N-dealkylation sites (tertiary alicyclic amines) is 1. The zero-order valence-corrected chi connectivity index (χ0v) is 12.8. The van der Waals surface area contributed by atoms with Crippen LogP contribution in [0.25, 0.3) is 0 Å². The molecule has 0 bridgehead atoms. The Morgan fingerprint density at radius 2 is 2.19 bits per heavy atom. The molecule has 2 rings (SSSR count). The molecular formula is C16H19ClN2O2. The van der Waals surface area contributed by atoms with Gasteiger partial charge in [-0.1, -0.05) is 30.4 Å². The number of amides is 2. The topological polar surface area (TPSA) is 52.6 Å². The number of aliphatic hydroxyl groups excluding tert-OH is 1. The second-order valence-corrected chi connectivity index (χ2v) is 5.69. The number of benzene rings is 1. The van der Waals surface area contributed by atoms with E-state index in [9.17, 15) is 4.79 Å². The number of urea groups is 1. The van der Waals surface area contributed by atoms with Gasteiger partial charge in [-0.25, -0.2) is 4.79 Å². The molecule has 1 heterocycles. The molecule has 2 amide bonds. The molecule has 1 aromatic carbocycles. The Bertz CT molecular complexity index is 569. The van der Waals surface area contributed by atoms with Crippen LogP contribution in [0.15, 0.2) is 18.2 Å². The zero-order chi connectivity index (χ0) is 15.2. The first-order chi connectivity index (χ1) is 10.1. The average Bonchev–Trinajstić information content (AvgIpc) is 2.48. The van der Waals surface area contributed by atoms with Crippen molar-refractivity contribution in [3.05, 3.63) is 28.8 Å². The fourth-order valence-electron chi connectivity index (χ4n) is 2.27. The summed E-state index contributed by atoms with van der Waals surface area (Å²) in [4.78, 5) is 14.1. The van der Waals surface area contributed by atoms with Gasteiger partial charge in [0, 0.05) is 23.7 Å². The lowest BCUT2D eigenvalue weighted by Crippen LogP contribution is -2.40. The van der Waals surface area contributed by atoms with E-state index in [0.717, 1.165) is 25.9 Å². The first-order valence-electron chi connectivity index (χ1n) is 7.05. The summed E-state index contributed by atoms with van der Waals surface area (Å²) in [6.07, 6.45) is 2.07. The standard InChI is InChI=1S/C16H19ClN2O2/c1-12-6-8-19(9-7-12)16(21)18-15-5-4-14(17)11-13(15)3-2-10-20/h4-5,11-12,20H,6-10H2,1H3,(H,18,21). The summed E-state index contributed by atoms with van der Waals surface area (Å²) in [7, 11) is 0. The lowest BCUT2D eigenvalue weighted by Gasteiger charge is -2.30.